The van der Waals surface area contributed by atoms with Crippen molar-refractivity contribution in [2.45, 2.75) is 26.7 Å². The first-order chi connectivity index (χ1) is 15.8. The van der Waals surface area contributed by atoms with Crippen LogP contribution in [0, 0.1) is 0 Å². The SMILES string of the molecule is C=C(C)C(=O)OCCCc1ccc(-c2ccc(-c3ccc(OC(=O)C(=C)C)cc3)cc2)cc1. The van der Waals surface area contributed by atoms with E-state index in [4.69, 9.17) is 9.47 Å². The van der Waals surface area contributed by atoms with Gasteiger partial charge in [-0.15, -0.1) is 0 Å². The molecule has 0 aliphatic carbocycles. The molecular formula is C29H28O4. The summed E-state index contributed by atoms with van der Waals surface area (Å²) in [6.07, 6.45) is 1.62. The Balaban J connectivity index is 1.57. The summed E-state index contributed by atoms with van der Waals surface area (Å²) in [4.78, 5) is 23.0. The molecule has 3 rings (SSSR count). The summed E-state index contributed by atoms with van der Waals surface area (Å²) < 4.78 is 10.4. The maximum atomic E-state index is 11.6. The van der Waals surface area contributed by atoms with Gasteiger partial charge < -0.3 is 9.47 Å². The van der Waals surface area contributed by atoms with E-state index in [1.165, 1.54) is 5.56 Å². The average molecular weight is 441 g/mol. The first-order valence-corrected chi connectivity index (χ1v) is 10.8. The minimum Gasteiger partial charge on any atom is -0.462 e. The van der Waals surface area contributed by atoms with Gasteiger partial charge in [-0.1, -0.05) is 73.8 Å². The molecular weight excluding hydrogens is 412 g/mol. The second-order valence-electron chi connectivity index (χ2n) is 7.99. The summed E-state index contributed by atoms with van der Waals surface area (Å²) in [5.41, 5.74) is 6.39. The van der Waals surface area contributed by atoms with Crippen molar-refractivity contribution in [3.05, 3.63) is 103 Å². The van der Waals surface area contributed by atoms with E-state index in [0.717, 1.165) is 35.1 Å². The van der Waals surface area contributed by atoms with Crippen LogP contribution in [0.25, 0.3) is 22.3 Å². The zero-order valence-corrected chi connectivity index (χ0v) is 19.1. The van der Waals surface area contributed by atoms with Gasteiger partial charge in [-0.25, -0.2) is 9.59 Å². The largest absolute Gasteiger partial charge is 0.462 e. The number of rotatable bonds is 9. The molecule has 0 atom stereocenters. The number of hydrogen-bond donors (Lipinski definition) is 0. The van der Waals surface area contributed by atoms with Crippen LogP contribution in [0.5, 0.6) is 5.75 Å². The van der Waals surface area contributed by atoms with E-state index in [1.807, 2.05) is 12.1 Å². The number of benzene rings is 3. The molecule has 4 nitrogen and oxygen atoms in total. The van der Waals surface area contributed by atoms with Gasteiger partial charge in [0.15, 0.2) is 0 Å². The van der Waals surface area contributed by atoms with E-state index in [9.17, 15) is 9.59 Å². The Morgan fingerprint density at radius 3 is 1.55 bits per heavy atom. The van der Waals surface area contributed by atoms with Crippen LogP contribution in [0.15, 0.2) is 97.1 Å². The third kappa shape index (κ3) is 6.78. The zero-order chi connectivity index (χ0) is 23.8. The number of esters is 2. The fourth-order valence-electron chi connectivity index (χ4n) is 3.19. The van der Waals surface area contributed by atoms with E-state index in [0.29, 0.717) is 23.5 Å². The molecule has 3 aromatic carbocycles. The standard InChI is InChI=1S/C29H28O4/c1-20(2)28(30)32-19-5-6-22-7-9-23(10-8-22)24-11-13-25(14-12-24)26-15-17-27(18-16-26)33-29(31)21(3)4/h7-18H,1,3,5-6,19H2,2,4H3. The van der Waals surface area contributed by atoms with Gasteiger partial charge in [-0.2, -0.15) is 0 Å². The van der Waals surface area contributed by atoms with E-state index < -0.39 is 5.97 Å². The van der Waals surface area contributed by atoms with Gasteiger partial charge in [0.25, 0.3) is 0 Å². The Hall–Kier alpha value is -3.92. The van der Waals surface area contributed by atoms with Crippen LogP contribution in [0.3, 0.4) is 0 Å². The van der Waals surface area contributed by atoms with Crippen LogP contribution in [0.2, 0.25) is 0 Å². The molecule has 168 valence electrons. The molecule has 0 N–H and O–H groups in total. The van der Waals surface area contributed by atoms with Gasteiger partial charge in [0.1, 0.15) is 5.75 Å². The lowest BCUT2D eigenvalue weighted by molar-refractivity contribution is -0.139. The molecule has 0 aliphatic rings. The van der Waals surface area contributed by atoms with Gasteiger partial charge in [-0.05, 0) is 66.6 Å². The average Bonchev–Trinajstić information content (AvgIpc) is 2.82. The molecule has 3 aromatic rings. The summed E-state index contributed by atoms with van der Waals surface area (Å²) in [7, 11) is 0. The molecule has 33 heavy (non-hydrogen) atoms. The van der Waals surface area contributed by atoms with Crippen molar-refractivity contribution in [2.24, 2.45) is 0 Å². The fourth-order valence-corrected chi connectivity index (χ4v) is 3.19. The molecule has 0 aliphatic heterocycles. The van der Waals surface area contributed by atoms with Gasteiger partial charge in [-0.3, -0.25) is 0 Å². The first kappa shape index (κ1) is 23.7. The number of aryl methyl sites for hydroxylation is 1. The Morgan fingerprint density at radius 2 is 1.09 bits per heavy atom. The van der Waals surface area contributed by atoms with E-state index >= 15 is 0 Å². The second-order valence-corrected chi connectivity index (χ2v) is 7.99. The molecule has 0 unspecified atom stereocenters. The summed E-state index contributed by atoms with van der Waals surface area (Å²) >= 11 is 0. The van der Waals surface area contributed by atoms with Gasteiger partial charge in [0, 0.05) is 11.1 Å². The summed E-state index contributed by atoms with van der Waals surface area (Å²) in [5, 5.41) is 0. The number of ether oxygens (including phenoxy) is 2. The molecule has 0 heterocycles. The van der Waals surface area contributed by atoms with Crippen molar-refractivity contribution in [3.8, 4) is 28.0 Å². The molecule has 0 amide bonds. The number of carbonyl (C=O) groups is 2. The van der Waals surface area contributed by atoms with Crippen LogP contribution in [0.1, 0.15) is 25.8 Å². The molecule has 4 heteroatoms. The lowest BCUT2D eigenvalue weighted by Gasteiger charge is -2.08. The predicted octanol–water partition coefficient (Wildman–Crippen LogP) is 6.55. The highest BCUT2D eigenvalue weighted by Gasteiger charge is 2.07. The molecule has 0 spiro atoms. The van der Waals surface area contributed by atoms with Crippen molar-refractivity contribution in [2.75, 3.05) is 6.61 Å². The molecule has 0 fully saturated rings. The van der Waals surface area contributed by atoms with E-state index in [-0.39, 0.29) is 5.97 Å². The van der Waals surface area contributed by atoms with Crippen molar-refractivity contribution in [3.63, 3.8) is 0 Å². The second kappa shape index (κ2) is 11.1. The maximum absolute atomic E-state index is 11.6. The van der Waals surface area contributed by atoms with Crippen LogP contribution in [-0.4, -0.2) is 18.5 Å². The molecule has 0 saturated carbocycles. The minimum atomic E-state index is -0.427. The van der Waals surface area contributed by atoms with Crippen LogP contribution in [0.4, 0.5) is 0 Å². The third-order valence-corrected chi connectivity index (χ3v) is 5.11. The molecule has 0 bridgehead atoms. The minimum absolute atomic E-state index is 0.337. The summed E-state index contributed by atoms with van der Waals surface area (Å²) in [5.74, 6) is -0.266. The van der Waals surface area contributed by atoms with Crippen LogP contribution >= 0.6 is 0 Å². The third-order valence-electron chi connectivity index (χ3n) is 5.11. The maximum Gasteiger partial charge on any atom is 0.338 e. The Kier molecular flexibility index (Phi) is 7.98. The van der Waals surface area contributed by atoms with Crippen molar-refractivity contribution in [1.29, 1.82) is 0 Å². The predicted molar refractivity (Wildman–Crippen MR) is 132 cm³/mol. The van der Waals surface area contributed by atoms with Crippen molar-refractivity contribution in [1.82, 2.24) is 0 Å². The van der Waals surface area contributed by atoms with E-state index in [1.54, 1.807) is 26.0 Å². The number of carbonyl (C=O) groups excluding carboxylic acids is 2. The molecule has 0 aromatic heterocycles. The summed E-state index contributed by atoms with van der Waals surface area (Å²) in [6, 6.07) is 24.2. The first-order valence-electron chi connectivity index (χ1n) is 10.8. The van der Waals surface area contributed by atoms with E-state index in [2.05, 4.69) is 61.7 Å². The normalized spacial score (nSPS) is 10.4. The van der Waals surface area contributed by atoms with Gasteiger partial charge in [0.05, 0.1) is 6.61 Å². The Bertz CT molecular complexity index is 1140. The van der Waals surface area contributed by atoms with Crippen molar-refractivity contribution >= 4 is 11.9 Å². The Morgan fingerprint density at radius 1 is 0.667 bits per heavy atom. The lowest BCUT2D eigenvalue weighted by Crippen LogP contribution is -2.07. The zero-order valence-electron chi connectivity index (χ0n) is 19.1. The molecule has 0 radical (unpaired) electrons. The Labute approximate surface area is 195 Å². The van der Waals surface area contributed by atoms with Crippen molar-refractivity contribution < 1.29 is 19.1 Å². The van der Waals surface area contributed by atoms with Gasteiger partial charge >= 0.3 is 11.9 Å². The quantitative estimate of drug-likeness (QED) is 0.164. The highest BCUT2D eigenvalue weighted by Crippen LogP contribution is 2.27. The smallest absolute Gasteiger partial charge is 0.338 e. The number of hydrogen-bond acceptors (Lipinski definition) is 4. The highest BCUT2D eigenvalue weighted by molar-refractivity contribution is 5.89. The highest BCUT2D eigenvalue weighted by atomic mass is 16.5. The van der Waals surface area contributed by atoms with Crippen LogP contribution in [-0.2, 0) is 20.7 Å². The topological polar surface area (TPSA) is 52.6 Å². The fraction of sp³-hybridized carbons (Fsp3) is 0.172. The van der Waals surface area contributed by atoms with Gasteiger partial charge in [0.2, 0.25) is 0 Å². The van der Waals surface area contributed by atoms with Crippen LogP contribution < -0.4 is 4.74 Å². The monoisotopic (exact) mass is 440 g/mol. The lowest BCUT2D eigenvalue weighted by atomic mass is 9.99. The molecule has 0 saturated heterocycles. The summed E-state index contributed by atoms with van der Waals surface area (Å²) in [6.45, 7) is 10.8.